The van der Waals surface area contributed by atoms with Crippen LogP contribution in [-0.4, -0.2) is 21.0 Å². The van der Waals surface area contributed by atoms with Crippen LogP contribution in [0.1, 0.15) is 5.56 Å². The molecule has 0 aliphatic heterocycles. The summed E-state index contributed by atoms with van der Waals surface area (Å²) in [5.41, 5.74) is 1.39. The van der Waals surface area contributed by atoms with Crippen molar-refractivity contribution in [2.75, 3.05) is 0 Å². The van der Waals surface area contributed by atoms with Gasteiger partial charge < -0.3 is 9.52 Å². The summed E-state index contributed by atoms with van der Waals surface area (Å²) in [6.07, 6.45) is 1.35. The lowest BCUT2D eigenvalue weighted by atomic mass is 10.2. The maximum absolute atomic E-state index is 11.8. The van der Waals surface area contributed by atoms with Crippen molar-refractivity contribution in [3.8, 4) is 0 Å². The van der Waals surface area contributed by atoms with Crippen LogP contribution in [0.15, 0.2) is 91.1 Å². The van der Waals surface area contributed by atoms with Gasteiger partial charge in [-0.1, -0.05) is 41.6 Å². The average Bonchev–Trinajstić information content (AvgIpc) is 3.18. The summed E-state index contributed by atoms with van der Waals surface area (Å²) < 4.78 is 5.57. The zero-order valence-electron chi connectivity index (χ0n) is 16.1. The molecule has 1 heterocycles. The first kappa shape index (κ1) is 21.9. The SMILES string of the molecule is O=C(O)/C(=C\c1ccc(Sc2ccc(Cl)cc2)c([N+](=O)[O-])c1)Sc1nc2ccccc2o1. The minimum Gasteiger partial charge on any atom is -0.477 e. The molecule has 0 aliphatic rings. The largest absolute Gasteiger partial charge is 0.477 e. The number of aliphatic carboxylic acids is 1. The molecule has 0 bridgehead atoms. The lowest BCUT2D eigenvalue weighted by Gasteiger charge is -2.05. The Morgan fingerprint density at radius 2 is 1.88 bits per heavy atom. The Kier molecular flexibility index (Phi) is 6.50. The maximum Gasteiger partial charge on any atom is 0.342 e. The predicted octanol–water partition coefficient (Wildman–Crippen LogP) is 6.76. The van der Waals surface area contributed by atoms with E-state index in [0.29, 0.717) is 26.6 Å². The molecule has 7 nitrogen and oxygen atoms in total. The molecule has 0 spiro atoms. The molecule has 160 valence electrons. The Hall–Kier alpha value is -3.27. The third-order valence-electron chi connectivity index (χ3n) is 4.20. The smallest absolute Gasteiger partial charge is 0.342 e. The number of fused-ring (bicyclic) bond motifs is 1. The van der Waals surface area contributed by atoms with Gasteiger partial charge in [-0.15, -0.1) is 0 Å². The lowest BCUT2D eigenvalue weighted by molar-refractivity contribution is -0.387. The van der Waals surface area contributed by atoms with Crippen LogP contribution in [-0.2, 0) is 4.79 Å². The Labute approximate surface area is 195 Å². The van der Waals surface area contributed by atoms with E-state index >= 15 is 0 Å². The second kappa shape index (κ2) is 9.47. The topological polar surface area (TPSA) is 106 Å². The molecule has 4 aromatic rings. The first-order valence-corrected chi connectivity index (χ1v) is 11.1. The van der Waals surface area contributed by atoms with E-state index in [4.69, 9.17) is 16.0 Å². The molecular weight excluding hydrogens is 472 g/mol. The van der Waals surface area contributed by atoms with Crippen LogP contribution in [0.4, 0.5) is 5.69 Å². The predicted molar refractivity (Wildman–Crippen MR) is 124 cm³/mol. The number of benzene rings is 3. The van der Waals surface area contributed by atoms with Gasteiger partial charge in [-0.05, 0) is 65.9 Å². The fourth-order valence-electron chi connectivity index (χ4n) is 2.76. The van der Waals surface area contributed by atoms with Crippen molar-refractivity contribution in [1.82, 2.24) is 4.98 Å². The number of nitro benzene ring substituents is 1. The van der Waals surface area contributed by atoms with Crippen molar-refractivity contribution < 1.29 is 19.2 Å². The summed E-state index contributed by atoms with van der Waals surface area (Å²) in [7, 11) is 0. The number of nitro groups is 1. The molecular formula is C22H13ClN2O5S2. The first-order valence-electron chi connectivity index (χ1n) is 9.09. The Morgan fingerprint density at radius 1 is 1.12 bits per heavy atom. The van der Waals surface area contributed by atoms with Gasteiger partial charge in [-0.2, -0.15) is 0 Å². The van der Waals surface area contributed by atoms with Gasteiger partial charge in [0.2, 0.25) is 0 Å². The highest BCUT2D eigenvalue weighted by molar-refractivity contribution is 8.03. The van der Waals surface area contributed by atoms with E-state index in [1.54, 1.807) is 60.7 Å². The minimum absolute atomic E-state index is 0.0797. The van der Waals surface area contributed by atoms with Crippen LogP contribution in [0.25, 0.3) is 17.2 Å². The lowest BCUT2D eigenvalue weighted by Crippen LogP contribution is -1.97. The number of hydrogen-bond donors (Lipinski definition) is 1. The molecule has 4 rings (SSSR count). The molecule has 32 heavy (non-hydrogen) atoms. The highest BCUT2D eigenvalue weighted by Gasteiger charge is 2.18. The summed E-state index contributed by atoms with van der Waals surface area (Å²) in [5, 5.41) is 22.0. The number of para-hydroxylation sites is 2. The van der Waals surface area contributed by atoms with Crippen LogP contribution >= 0.6 is 35.1 Å². The average molecular weight is 485 g/mol. The van der Waals surface area contributed by atoms with E-state index in [-0.39, 0.29) is 15.8 Å². The highest BCUT2D eigenvalue weighted by atomic mass is 35.5. The number of halogens is 1. The van der Waals surface area contributed by atoms with Crippen molar-refractivity contribution >= 4 is 64.0 Å². The third-order valence-corrected chi connectivity index (χ3v) is 6.39. The Balaban J connectivity index is 1.64. The van der Waals surface area contributed by atoms with E-state index in [9.17, 15) is 20.0 Å². The van der Waals surface area contributed by atoms with E-state index in [0.717, 1.165) is 16.7 Å². The molecule has 0 fully saturated rings. The molecule has 0 amide bonds. The number of nitrogens with zero attached hydrogens (tertiary/aromatic N) is 2. The molecule has 0 aliphatic carbocycles. The molecule has 0 saturated carbocycles. The first-order chi connectivity index (χ1) is 15.4. The number of carboxylic acid groups (broad SMARTS) is 1. The molecule has 0 atom stereocenters. The van der Waals surface area contributed by atoms with Crippen LogP contribution < -0.4 is 0 Å². The van der Waals surface area contributed by atoms with Gasteiger partial charge in [0.05, 0.1) is 9.82 Å². The van der Waals surface area contributed by atoms with Gasteiger partial charge in [-0.25, -0.2) is 9.78 Å². The minimum atomic E-state index is -1.19. The van der Waals surface area contributed by atoms with Gasteiger partial charge in [0.25, 0.3) is 10.9 Å². The fourth-order valence-corrected chi connectivity index (χ4v) is 4.53. The number of rotatable bonds is 7. The molecule has 0 unspecified atom stereocenters. The van der Waals surface area contributed by atoms with Gasteiger partial charge in [0.1, 0.15) is 10.4 Å². The Morgan fingerprint density at radius 3 is 2.56 bits per heavy atom. The van der Waals surface area contributed by atoms with Crippen molar-refractivity contribution in [2.45, 2.75) is 15.0 Å². The monoisotopic (exact) mass is 484 g/mol. The number of thioether (sulfide) groups is 1. The summed E-state index contributed by atoms with van der Waals surface area (Å²) >= 11 is 7.95. The standard InChI is InChI=1S/C22H13ClN2O5S2/c23-14-6-8-15(9-7-14)31-19-10-5-13(11-17(19)25(28)29)12-20(21(26)27)32-22-24-16-3-1-2-4-18(16)30-22/h1-12H,(H,26,27)/b20-12+. The summed E-state index contributed by atoms with van der Waals surface area (Å²) in [6.45, 7) is 0. The van der Waals surface area contributed by atoms with Crippen LogP contribution in [0.2, 0.25) is 5.02 Å². The molecule has 3 aromatic carbocycles. The van der Waals surface area contributed by atoms with E-state index < -0.39 is 10.9 Å². The summed E-state index contributed by atoms with van der Waals surface area (Å²) in [6, 6.07) is 18.6. The molecule has 10 heteroatoms. The van der Waals surface area contributed by atoms with Crippen LogP contribution in [0.3, 0.4) is 0 Å². The maximum atomic E-state index is 11.8. The summed E-state index contributed by atoms with van der Waals surface area (Å²) in [5.74, 6) is -1.19. The van der Waals surface area contributed by atoms with E-state index in [2.05, 4.69) is 4.98 Å². The summed E-state index contributed by atoms with van der Waals surface area (Å²) in [4.78, 5) is 28.3. The fraction of sp³-hybridized carbons (Fsp3) is 0. The third kappa shape index (κ3) is 5.13. The molecule has 0 saturated heterocycles. The molecule has 0 radical (unpaired) electrons. The van der Waals surface area contributed by atoms with E-state index in [1.807, 2.05) is 0 Å². The Bertz CT molecular complexity index is 1320. The van der Waals surface area contributed by atoms with Crippen LogP contribution in [0.5, 0.6) is 0 Å². The molecule has 1 N–H and O–H groups in total. The molecule has 1 aromatic heterocycles. The quantitative estimate of drug-likeness (QED) is 0.133. The number of carbonyl (C=O) groups is 1. The van der Waals surface area contributed by atoms with Gasteiger partial charge >= 0.3 is 5.97 Å². The number of carboxylic acids is 1. The normalized spacial score (nSPS) is 11.6. The van der Waals surface area contributed by atoms with Gasteiger partial charge in [-0.3, -0.25) is 10.1 Å². The van der Waals surface area contributed by atoms with Gasteiger partial charge in [0, 0.05) is 16.0 Å². The van der Waals surface area contributed by atoms with Crippen molar-refractivity contribution in [3.63, 3.8) is 0 Å². The second-order valence-corrected chi connectivity index (χ2v) is 8.95. The van der Waals surface area contributed by atoms with Crippen molar-refractivity contribution in [3.05, 3.63) is 92.3 Å². The second-order valence-electron chi connectivity index (χ2n) is 6.40. The number of hydrogen-bond acceptors (Lipinski definition) is 7. The van der Waals surface area contributed by atoms with E-state index in [1.165, 1.54) is 23.9 Å². The number of aromatic nitrogens is 1. The highest BCUT2D eigenvalue weighted by Crippen LogP contribution is 2.37. The zero-order chi connectivity index (χ0) is 22.7. The van der Waals surface area contributed by atoms with Gasteiger partial charge in [0.15, 0.2) is 5.58 Å². The van der Waals surface area contributed by atoms with Crippen LogP contribution in [0, 0.1) is 10.1 Å². The number of oxazole rings is 1. The zero-order valence-corrected chi connectivity index (χ0v) is 18.5. The van der Waals surface area contributed by atoms with Crippen molar-refractivity contribution in [1.29, 1.82) is 0 Å². The van der Waals surface area contributed by atoms with Crippen molar-refractivity contribution in [2.24, 2.45) is 0 Å².